The fourth-order valence-electron chi connectivity index (χ4n) is 4.45. The predicted molar refractivity (Wildman–Crippen MR) is 144 cm³/mol. The highest BCUT2D eigenvalue weighted by atomic mass is 15.1. The lowest BCUT2D eigenvalue weighted by Crippen LogP contribution is -2.20. The molecule has 178 valence electrons. The molecule has 1 heteroatoms. The van der Waals surface area contributed by atoms with Gasteiger partial charge in [-0.25, -0.2) is 0 Å². The fourth-order valence-corrected chi connectivity index (χ4v) is 4.45. The maximum Gasteiger partial charge on any atom is 0.0362 e. The van der Waals surface area contributed by atoms with Gasteiger partial charge in [0.1, 0.15) is 0 Å². The predicted octanol–water partition coefficient (Wildman–Crippen LogP) is 9.72. The Morgan fingerprint density at radius 1 is 0.656 bits per heavy atom. The Balaban J connectivity index is 1.35. The molecule has 0 radical (unpaired) electrons. The lowest BCUT2D eigenvalue weighted by Gasteiger charge is -2.21. The summed E-state index contributed by atoms with van der Waals surface area (Å²) >= 11 is 0. The Bertz CT molecular complexity index is 640. The molecule has 0 spiro atoms. The molecule has 1 aromatic rings. The Kier molecular flexibility index (Phi) is 15.5. The van der Waals surface area contributed by atoms with Gasteiger partial charge in [-0.2, -0.15) is 0 Å². The van der Waals surface area contributed by atoms with Crippen molar-refractivity contribution in [2.45, 2.75) is 110 Å². The summed E-state index contributed by atoms with van der Waals surface area (Å²) in [4.78, 5) is 2.45. The van der Waals surface area contributed by atoms with Crippen LogP contribution in [0, 0.1) is 0 Å². The van der Waals surface area contributed by atoms with Crippen LogP contribution in [0.2, 0.25) is 0 Å². The summed E-state index contributed by atoms with van der Waals surface area (Å²) < 4.78 is 0. The first-order valence-corrected chi connectivity index (χ1v) is 13.7. The lowest BCUT2D eigenvalue weighted by molar-refractivity contribution is 0.391. The molecule has 0 saturated heterocycles. The molecule has 32 heavy (non-hydrogen) atoms. The van der Waals surface area contributed by atoms with Gasteiger partial charge in [0, 0.05) is 13.1 Å². The largest absolute Gasteiger partial charge is 0.374 e. The molecule has 0 fully saturated rings. The van der Waals surface area contributed by atoms with E-state index in [1.807, 2.05) is 0 Å². The fraction of sp³-hybridized carbons (Fsp3) is 0.613. The molecule has 1 aliphatic rings. The van der Waals surface area contributed by atoms with E-state index >= 15 is 0 Å². The van der Waals surface area contributed by atoms with Gasteiger partial charge in [-0.3, -0.25) is 0 Å². The van der Waals surface area contributed by atoms with Crippen LogP contribution in [0.3, 0.4) is 0 Å². The summed E-state index contributed by atoms with van der Waals surface area (Å²) in [7, 11) is 0. The van der Waals surface area contributed by atoms with E-state index in [4.69, 9.17) is 0 Å². The summed E-state index contributed by atoms with van der Waals surface area (Å²) in [6, 6.07) is 10.5. The monoisotopic (exact) mass is 435 g/mol. The third-order valence-electron chi connectivity index (χ3n) is 6.61. The first kappa shape index (κ1) is 26.5. The molecule has 0 amide bonds. The number of hydrogen-bond donors (Lipinski definition) is 0. The Morgan fingerprint density at radius 3 is 1.69 bits per heavy atom. The van der Waals surface area contributed by atoms with E-state index in [1.54, 1.807) is 0 Å². The van der Waals surface area contributed by atoms with Crippen molar-refractivity contribution < 1.29 is 0 Å². The molecular formula is C31H49N. The van der Waals surface area contributed by atoms with Gasteiger partial charge in [0.15, 0.2) is 0 Å². The third-order valence-corrected chi connectivity index (χ3v) is 6.61. The van der Waals surface area contributed by atoms with Crippen molar-refractivity contribution in [1.82, 2.24) is 4.90 Å². The second-order valence-corrected chi connectivity index (χ2v) is 9.56. The normalized spacial score (nSPS) is 13.8. The molecule has 0 aromatic heterocycles. The Hall–Kier alpha value is -1.76. The van der Waals surface area contributed by atoms with Crippen molar-refractivity contribution in [3.05, 3.63) is 65.9 Å². The number of allylic oxidation sites excluding steroid dienone is 3. The van der Waals surface area contributed by atoms with Crippen molar-refractivity contribution in [3.63, 3.8) is 0 Å². The summed E-state index contributed by atoms with van der Waals surface area (Å²) in [5.41, 5.74) is 2.58. The summed E-state index contributed by atoms with van der Waals surface area (Å²) in [5.74, 6) is 0. The van der Waals surface area contributed by atoms with Gasteiger partial charge in [-0.15, -0.1) is 0 Å². The molecule has 1 aromatic carbocycles. The zero-order chi connectivity index (χ0) is 22.5. The molecule has 0 atom stereocenters. The average Bonchev–Trinajstić information content (AvgIpc) is 2.84. The van der Waals surface area contributed by atoms with Crippen LogP contribution in [-0.2, 0) is 0 Å². The van der Waals surface area contributed by atoms with Gasteiger partial charge in [0.05, 0.1) is 0 Å². The number of nitrogens with zero attached hydrogens (tertiary/aromatic N) is 1. The molecule has 0 unspecified atom stereocenters. The maximum atomic E-state index is 2.45. The van der Waals surface area contributed by atoms with E-state index in [1.165, 1.54) is 120 Å². The van der Waals surface area contributed by atoms with Crippen LogP contribution in [0.4, 0.5) is 0 Å². The Morgan fingerprint density at radius 2 is 1.19 bits per heavy atom. The van der Waals surface area contributed by atoms with Gasteiger partial charge in [0.2, 0.25) is 0 Å². The third kappa shape index (κ3) is 13.6. The van der Waals surface area contributed by atoms with Gasteiger partial charge in [-0.1, -0.05) is 152 Å². The SMILES string of the molecule is CCCCCCCCCCCCCCCCCCN1C=CC(C=Cc2ccccc2)=CC1. The number of hydrogen-bond acceptors (Lipinski definition) is 1. The zero-order valence-corrected chi connectivity index (χ0v) is 20.9. The average molecular weight is 436 g/mol. The molecule has 1 aliphatic heterocycles. The summed E-state index contributed by atoms with van der Waals surface area (Å²) in [6.45, 7) is 4.54. The maximum absolute atomic E-state index is 2.45. The second kappa shape index (κ2) is 18.8. The van der Waals surface area contributed by atoms with Crippen LogP contribution in [-0.4, -0.2) is 18.0 Å². The topological polar surface area (TPSA) is 3.24 Å². The van der Waals surface area contributed by atoms with Crippen molar-refractivity contribution in [1.29, 1.82) is 0 Å². The molecule has 0 N–H and O–H groups in total. The van der Waals surface area contributed by atoms with Crippen LogP contribution in [0.25, 0.3) is 6.08 Å². The Labute approximate surface area is 199 Å². The second-order valence-electron chi connectivity index (χ2n) is 9.56. The van der Waals surface area contributed by atoms with Crippen LogP contribution < -0.4 is 0 Å². The molecule has 0 bridgehead atoms. The van der Waals surface area contributed by atoms with E-state index in [0.717, 1.165) is 6.54 Å². The molecule has 0 aliphatic carbocycles. The van der Waals surface area contributed by atoms with Crippen molar-refractivity contribution in [3.8, 4) is 0 Å². The quantitative estimate of drug-likeness (QED) is 0.195. The van der Waals surface area contributed by atoms with E-state index < -0.39 is 0 Å². The molecular weight excluding hydrogens is 386 g/mol. The minimum Gasteiger partial charge on any atom is -0.374 e. The lowest BCUT2D eigenvalue weighted by atomic mass is 10.0. The highest BCUT2D eigenvalue weighted by molar-refractivity contribution is 5.54. The van der Waals surface area contributed by atoms with E-state index in [-0.39, 0.29) is 0 Å². The van der Waals surface area contributed by atoms with Gasteiger partial charge in [-0.05, 0) is 29.8 Å². The number of rotatable bonds is 19. The highest BCUT2D eigenvalue weighted by Crippen LogP contribution is 2.15. The zero-order valence-electron chi connectivity index (χ0n) is 20.9. The minimum absolute atomic E-state index is 1.05. The molecule has 0 saturated carbocycles. The van der Waals surface area contributed by atoms with Crippen LogP contribution in [0.5, 0.6) is 0 Å². The van der Waals surface area contributed by atoms with Crippen molar-refractivity contribution in [2.75, 3.05) is 13.1 Å². The van der Waals surface area contributed by atoms with Crippen LogP contribution in [0.1, 0.15) is 115 Å². The van der Waals surface area contributed by atoms with E-state index in [2.05, 4.69) is 72.7 Å². The first-order chi connectivity index (χ1) is 15.9. The van der Waals surface area contributed by atoms with E-state index in [9.17, 15) is 0 Å². The van der Waals surface area contributed by atoms with Gasteiger partial charge >= 0.3 is 0 Å². The number of benzene rings is 1. The van der Waals surface area contributed by atoms with E-state index in [0.29, 0.717) is 0 Å². The standard InChI is InChI=1S/C31H49N/c1-2-3-4-5-6-7-8-9-10-11-12-13-14-15-16-20-27-32-28-25-31(26-29-32)24-23-30-21-18-17-19-22-30/h17-19,21-26,28H,2-16,20,27,29H2,1H3. The van der Waals surface area contributed by atoms with Crippen LogP contribution in [0.15, 0.2) is 60.3 Å². The van der Waals surface area contributed by atoms with Crippen LogP contribution >= 0.6 is 0 Å². The van der Waals surface area contributed by atoms with Gasteiger partial charge in [0.25, 0.3) is 0 Å². The minimum atomic E-state index is 1.05. The molecule has 1 heterocycles. The first-order valence-electron chi connectivity index (χ1n) is 13.7. The number of unbranched alkanes of at least 4 members (excludes halogenated alkanes) is 15. The molecule has 2 rings (SSSR count). The summed E-state index contributed by atoms with van der Waals surface area (Å²) in [5, 5.41) is 0. The highest BCUT2D eigenvalue weighted by Gasteiger charge is 2.03. The summed E-state index contributed by atoms with van der Waals surface area (Å²) in [6.07, 6.45) is 34.2. The van der Waals surface area contributed by atoms with Gasteiger partial charge < -0.3 is 4.90 Å². The van der Waals surface area contributed by atoms with Crippen molar-refractivity contribution >= 4 is 6.08 Å². The molecule has 1 nitrogen and oxygen atoms in total. The van der Waals surface area contributed by atoms with Crippen molar-refractivity contribution in [2.24, 2.45) is 0 Å². The smallest absolute Gasteiger partial charge is 0.0362 e.